The van der Waals surface area contributed by atoms with Gasteiger partial charge >= 0.3 is 0 Å². The summed E-state index contributed by atoms with van der Waals surface area (Å²) >= 11 is 0. The van der Waals surface area contributed by atoms with E-state index in [0.29, 0.717) is 37.9 Å². The summed E-state index contributed by atoms with van der Waals surface area (Å²) in [5.41, 5.74) is 11.3. The van der Waals surface area contributed by atoms with E-state index in [4.69, 9.17) is 0 Å². The standard InChI is InChI=1S/C32H56.C23H32.C10H22.2CH4/c1-22(2)25-20-32-16-12-23(19-28(3,4)5)24(25)18-27(32)31(10)15-11-14-30(9,21-29(6,7)8)26(31)13-17-32;1-21(2,3)17-9-13-19(14-10-17)23(7,8)20-15-11-18(12-16-20)22(4,5)6;1-9(2,3)7-8-10(4,5)6;;/h20,22-24,26-27H,11-19,21H2,1-10H3;9-16H,1-8H3;7-8H2,1-6H3;2*1H4. The first-order chi connectivity index (χ1) is 29.2. The van der Waals surface area contributed by atoms with Crippen molar-refractivity contribution in [2.75, 3.05) is 0 Å². The maximum atomic E-state index is 2.94. The third-order valence-corrected chi connectivity index (χ3v) is 17.5. The van der Waals surface area contributed by atoms with E-state index in [9.17, 15) is 0 Å². The van der Waals surface area contributed by atoms with Crippen LogP contribution in [0.15, 0.2) is 60.2 Å². The first-order valence-electron chi connectivity index (χ1n) is 27.2. The van der Waals surface area contributed by atoms with Crippen LogP contribution >= 0.6 is 0 Å². The van der Waals surface area contributed by atoms with Gasteiger partial charge in [-0.1, -0.05) is 248 Å². The number of benzene rings is 2. The molecule has 0 aliphatic heterocycles. The Morgan fingerprint density at radius 3 is 1.30 bits per heavy atom. The van der Waals surface area contributed by atoms with Crippen LogP contribution in [0.3, 0.4) is 0 Å². The molecule has 3 fully saturated rings. The van der Waals surface area contributed by atoms with Crippen molar-refractivity contribution in [2.24, 2.45) is 67.5 Å². The van der Waals surface area contributed by atoms with Crippen molar-refractivity contribution in [1.29, 1.82) is 0 Å². The summed E-state index contributed by atoms with van der Waals surface area (Å²) in [6.45, 7) is 57.4. The third-order valence-electron chi connectivity index (χ3n) is 17.5. The molecule has 5 aliphatic carbocycles. The van der Waals surface area contributed by atoms with E-state index in [2.05, 4.69) is 221 Å². The zero-order valence-corrected chi connectivity index (χ0v) is 48.1. The minimum absolute atomic E-state index is 0. The maximum Gasteiger partial charge on any atom is 0.0146 e. The van der Waals surface area contributed by atoms with Crippen LogP contribution in [-0.4, -0.2) is 0 Å². The Kier molecular flexibility index (Phi) is 19.7. The Morgan fingerprint density at radius 1 is 0.507 bits per heavy atom. The van der Waals surface area contributed by atoms with Gasteiger partial charge in [-0.25, -0.2) is 0 Å². The molecule has 2 bridgehead atoms. The normalized spacial score (nSPS) is 27.9. The fraction of sp³-hybridized carbons (Fsp3) is 0.791. The largest absolute Gasteiger partial charge is 0.0783 e. The molecule has 7 unspecified atom stereocenters. The quantitative estimate of drug-likeness (QED) is 0.253. The molecular formula is C67H118. The van der Waals surface area contributed by atoms with Gasteiger partial charge in [0.1, 0.15) is 0 Å². The molecule has 0 heteroatoms. The molecule has 5 aliphatic rings. The molecule has 2 aromatic carbocycles. The summed E-state index contributed by atoms with van der Waals surface area (Å²) in [4.78, 5) is 0. The Hall–Kier alpha value is -1.82. The van der Waals surface area contributed by atoms with Gasteiger partial charge in [0.05, 0.1) is 0 Å². The van der Waals surface area contributed by atoms with E-state index in [-0.39, 0.29) is 31.1 Å². The van der Waals surface area contributed by atoms with Gasteiger partial charge in [-0.15, -0.1) is 0 Å². The summed E-state index contributed by atoms with van der Waals surface area (Å²) in [6, 6.07) is 18.3. The molecule has 7 atom stereocenters. The van der Waals surface area contributed by atoms with Crippen LogP contribution in [0.1, 0.15) is 280 Å². The van der Waals surface area contributed by atoms with E-state index < -0.39 is 0 Å². The van der Waals surface area contributed by atoms with Crippen molar-refractivity contribution in [3.63, 3.8) is 0 Å². The van der Waals surface area contributed by atoms with Crippen molar-refractivity contribution in [3.8, 4) is 0 Å². The molecule has 0 heterocycles. The molecule has 1 spiro atoms. The van der Waals surface area contributed by atoms with Crippen LogP contribution in [-0.2, 0) is 16.2 Å². The number of fused-ring (bicyclic) bond motifs is 3. The Labute approximate surface area is 422 Å². The maximum absolute atomic E-state index is 2.94. The first kappa shape index (κ1) is 61.3. The van der Waals surface area contributed by atoms with Crippen LogP contribution < -0.4 is 0 Å². The van der Waals surface area contributed by atoms with Crippen LogP contribution in [0.5, 0.6) is 0 Å². The fourth-order valence-corrected chi connectivity index (χ4v) is 14.1. The van der Waals surface area contributed by atoms with Crippen LogP contribution in [0.2, 0.25) is 0 Å². The zero-order valence-electron chi connectivity index (χ0n) is 48.1. The lowest BCUT2D eigenvalue weighted by molar-refractivity contribution is -0.142. The average molecular weight is 924 g/mol. The first-order valence-corrected chi connectivity index (χ1v) is 27.2. The molecule has 2 aromatic rings. The highest BCUT2D eigenvalue weighted by molar-refractivity contribution is 5.41. The van der Waals surface area contributed by atoms with E-state index in [0.717, 1.165) is 29.6 Å². The second-order valence-corrected chi connectivity index (χ2v) is 31.2. The highest BCUT2D eigenvalue weighted by atomic mass is 14.7. The third kappa shape index (κ3) is 15.8. The van der Waals surface area contributed by atoms with E-state index in [1.165, 1.54) is 99.3 Å². The topological polar surface area (TPSA) is 0 Å². The molecular weight excluding hydrogens is 805 g/mol. The van der Waals surface area contributed by atoms with Gasteiger partial charge in [-0.2, -0.15) is 0 Å². The monoisotopic (exact) mass is 923 g/mol. The van der Waals surface area contributed by atoms with Crippen molar-refractivity contribution in [2.45, 2.75) is 274 Å². The van der Waals surface area contributed by atoms with E-state index in [1.807, 2.05) is 5.57 Å². The van der Waals surface area contributed by atoms with Gasteiger partial charge in [-0.3, -0.25) is 0 Å². The minimum Gasteiger partial charge on any atom is -0.0783 e. The van der Waals surface area contributed by atoms with Crippen molar-refractivity contribution in [3.05, 3.63) is 82.4 Å². The van der Waals surface area contributed by atoms with Gasteiger partial charge in [-0.05, 0) is 171 Å². The summed E-state index contributed by atoms with van der Waals surface area (Å²) in [7, 11) is 0. The van der Waals surface area contributed by atoms with Gasteiger partial charge < -0.3 is 0 Å². The molecule has 3 saturated carbocycles. The Bertz CT molecular complexity index is 1760. The van der Waals surface area contributed by atoms with Crippen molar-refractivity contribution in [1.82, 2.24) is 0 Å². The fourth-order valence-electron chi connectivity index (χ4n) is 14.1. The molecule has 0 radical (unpaired) electrons. The van der Waals surface area contributed by atoms with E-state index in [1.54, 1.807) is 0 Å². The van der Waals surface area contributed by atoms with Crippen LogP contribution in [0, 0.1) is 67.5 Å². The smallest absolute Gasteiger partial charge is 0.0146 e. The van der Waals surface area contributed by atoms with Crippen molar-refractivity contribution < 1.29 is 0 Å². The molecule has 0 aromatic heterocycles. The Morgan fingerprint density at radius 2 is 0.925 bits per heavy atom. The van der Waals surface area contributed by atoms with Gasteiger partial charge in [0, 0.05) is 5.41 Å². The zero-order chi connectivity index (χ0) is 49.6. The van der Waals surface area contributed by atoms with Gasteiger partial charge in [0.25, 0.3) is 0 Å². The number of hydrogen-bond acceptors (Lipinski definition) is 0. The van der Waals surface area contributed by atoms with Gasteiger partial charge in [0.15, 0.2) is 0 Å². The highest BCUT2D eigenvalue weighted by Gasteiger charge is 2.63. The molecule has 0 amide bonds. The molecule has 386 valence electrons. The number of allylic oxidation sites excluding steroid dienone is 2. The summed E-state index contributed by atoms with van der Waals surface area (Å²) < 4.78 is 0. The molecule has 0 saturated heterocycles. The lowest BCUT2D eigenvalue weighted by Crippen LogP contribution is -2.57. The van der Waals surface area contributed by atoms with E-state index >= 15 is 0 Å². The lowest BCUT2D eigenvalue weighted by atomic mass is 9.39. The second-order valence-electron chi connectivity index (χ2n) is 31.2. The number of hydrogen-bond donors (Lipinski definition) is 0. The van der Waals surface area contributed by atoms with Gasteiger partial charge in [0.2, 0.25) is 0 Å². The molecule has 0 nitrogen and oxygen atoms in total. The number of rotatable bonds is 6. The molecule has 67 heavy (non-hydrogen) atoms. The SMILES string of the molecule is C.C.CC(C)(C)CCC(C)(C)C.CC(C)(C)c1ccc(C(C)(C)c2ccc(C(C)(C)C)cc2)cc1.CC(C)C1=CC23CCC(CC(C)(C)C)C1CC2C1(C)CCCC(C)(CC(C)(C)C)C1CC3. The molecule has 0 N–H and O–H groups in total. The van der Waals surface area contributed by atoms with Crippen LogP contribution in [0.4, 0.5) is 0 Å². The predicted octanol–water partition coefficient (Wildman–Crippen LogP) is 21.8. The lowest BCUT2D eigenvalue weighted by Gasteiger charge is -2.65. The summed E-state index contributed by atoms with van der Waals surface area (Å²) in [6.07, 6.45) is 20.2. The second kappa shape index (κ2) is 21.5. The minimum atomic E-state index is 0. The van der Waals surface area contributed by atoms with Crippen LogP contribution in [0.25, 0.3) is 0 Å². The predicted molar refractivity (Wildman–Crippen MR) is 305 cm³/mol. The Balaban J connectivity index is 0.000000386. The summed E-state index contributed by atoms with van der Waals surface area (Å²) in [5, 5.41) is 0. The summed E-state index contributed by atoms with van der Waals surface area (Å²) in [5.74, 6) is 4.32. The average Bonchev–Trinajstić information content (AvgIpc) is 3.38. The van der Waals surface area contributed by atoms with Crippen molar-refractivity contribution >= 4 is 0 Å². The highest BCUT2D eigenvalue weighted by Crippen LogP contribution is 2.72. The molecule has 7 rings (SSSR count).